The molecular formula is C11H13NO3. The molecule has 1 N–H and O–H groups in total. The fourth-order valence-electron chi connectivity index (χ4n) is 1.28. The summed E-state index contributed by atoms with van der Waals surface area (Å²) in [6.45, 7) is 0. The Morgan fingerprint density at radius 2 is 2.13 bits per heavy atom. The summed E-state index contributed by atoms with van der Waals surface area (Å²) in [6, 6.07) is 8.82. The highest BCUT2D eigenvalue weighted by atomic mass is 16.5. The molecule has 0 saturated heterocycles. The van der Waals surface area contributed by atoms with Gasteiger partial charge in [-0.15, -0.1) is 0 Å². The van der Waals surface area contributed by atoms with Crippen molar-refractivity contribution in [3.8, 4) is 0 Å². The van der Waals surface area contributed by atoms with Crippen LogP contribution < -0.4 is 5.32 Å². The van der Waals surface area contributed by atoms with E-state index in [1.54, 1.807) is 0 Å². The number of amides is 1. The molecule has 0 heterocycles. The van der Waals surface area contributed by atoms with Crippen LogP contribution >= 0.6 is 0 Å². The molecule has 0 spiro atoms. The third-order valence-corrected chi connectivity index (χ3v) is 2.04. The lowest BCUT2D eigenvalue weighted by Gasteiger charge is -2.13. The number of ether oxygens (including phenoxy) is 1. The van der Waals surface area contributed by atoms with Gasteiger partial charge in [-0.3, -0.25) is 4.79 Å². The van der Waals surface area contributed by atoms with E-state index in [0.29, 0.717) is 12.8 Å². The summed E-state index contributed by atoms with van der Waals surface area (Å²) in [5, 5.41) is 2.43. The third-order valence-electron chi connectivity index (χ3n) is 2.04. The van der Waals surface area contributed by atoms with Crippen molar-refractivity contribution in [2.24, 2.45) is 0 Å². The van der Waals surface area contributed by atoms with Crippen LogP contribution in [0.5, 0.6) is 0 Å². The summed E-state index contributed by atoms with van der Waals surface area (Å²) in [5.41, 5.74) is 0.974. The lowest BCUT2D eigenvalue weighted by Crippen LogP contribution is -2.38. The molecule has 4 nitrogen and oxygen atoms in total. The van der Waals surface area contributed by atoms with Gasteiger partial charge in [0, 0.05) is 6.42 Å². The molecule has 0 saturated carbocycles. The number of esters is 1. The van der Waals surface area contributed by atoms with Gasteiger partial charge in [-0.25, -0.2) is 4.79 Å². The van der Waals surface area contributed by atoms with Gasteiger partial charge < -0.3 is 10.1 Å². The highest BCUT2D eigenvalue weighted by Crippen LogP contribution is 2.03. The van der Waals surface area contributed by atoms with Crippen LogP contribution in [0.25, 0.3) is 0 Å². The Bertz CT molecular complexity index is 324. The monoisotopic (exact) mass is 207 g/mol. The second kappa shape index (κ2) is 5.80. The predicted octanol–water partition coefficient (Wildman–Crippen LogP) is 0.517. The van der Waals surface area contributed by atoms with E-state index < -0.39 is 12.0 Å². The second-order valence-corrected chi connectivity index (χ2v) is 3.05. The zero-order valence-corrected chi connectivity index (χ0v) is 8.47. The smallest absolute Gasteiger partial charge is 0.328 e. The molecule has 15 heavy (non-hydrogen) atoms. The molecule has 1 aromatic rings. The molecule has 1 amide bonds. The lowest BCUT2D eigenvalue weighted by atomic mass is 10.1. The van der Waals surface area contributed by atoms with Gasteiger partial charge in [0.15, 0.2) is 0 Å². The SMILES string of the molecule is COC(=O)[C@@H](Cc1ccccc1)NC=O. The Morgan fingerprint density at radius 1 is 1.47 bits per heavy atom. The van der Waals surface area contributed by atoms with Gasteiger partial charge in [-0.05, 0) is 5.56 Å². The van der Waals surface area contributed by atoms with Gasteiger partial charge in [0.05, 0.1) is 7.11 Å². The Hall–Kier alpha value is -1.84. The molecule has 0 aromatic heterocycles. The van der Waals surface area contributed by atoms with Crippen LogP contribution in [0.1, 0.15) is 5.56 Å². The molecule has 0 fully saturated rings. The van der Waals surface area contributed by atoms with Crippen molar-refractivity contribution in [3.05, 3.63) is 35.9 Å². The van der Waals surface area contributed by atoms with E-state index in [2.05, 4.69) is 10.1 Å². The normalized spacial score (nSPS) is 11.5. The molecule has 0 aliphatic heterocycles. The van der Waals surface area contributed by atoms with Crippen molar-refractivity contribution in [1.29, 1.82) is 0 Å². The molecule has 0 unspecified atom stereocenters. The van der Waals surface area contributed by atoms with Crippen molar-refractivity contribution in [1.82, 2.24) is 5.32 Å². The van der Waals surface area contributed by atoms with Gasteiger partial charge >= 0.3 is 5.97 Å². The first kappa shape index (κ1) is 11.2. The number of carbonyl (C=O) groups excluding carboxylic acids is 2. The average molecular weight is 207 g/mol. The van der Waals surface area contributed by atoms with E-state index in [4.69, 9.17) is 0 Å². The molecule has 1 aromatic carbocycles. The summed E-state index contributed by atoms with van der Waals surface area (Å²) >= 11 is 0. The van der Waals surface area contributed by atoms with Crippen LogP contribution in [-0.2, 0) is 20.7 Å². The fraction of sp³-hybridized carbons (Fsp3) is 0.273. The maximum atomic E-state index is 11.3. The van der Waals surface area contributed by atoms with Crippen molar-refractivity contribution in [2.75, 3.05) is 7.11 Å². The van der Waals surface area contributed by atoms with Crippen LogP contribution in [0.2, 0.25) is 0 Å². The minimum atomic E-state index is -0.616. The Morgan fingerprint density at radius 3 is 2.67 bits per heavy atom. The quantitative estimate of drug-likeness (QED) is 0.565. The first-order valence-corrected chi connectivity index (χ1v) is 4.59. The average Bonchev–Trinajstić information content (AvgIpc) is 2.29. The van der Waals surface area contributed by atoms with Gasteiger partial charge in [-0.2, -0.15) is 0 Å². The highest BCUT2D eigenvalue weighted by Gasteiger charge is 2.18. The number of methoxy groups -OCH3 is 1. The summed E-state index contributed by atoms with van der Waals surface area (Å²) in [5.74, 6) is -0.439. The van der Waals surface area contributed by atoms with Crippen molar-refractivity contribution in [3.63, 3.8) is 0 Å². The maximum absolute atomic E-state index is 11.3. The van der Waals surface area contributed by atoms with E-state index in [-0.39, 0.29) is 0 Å². The highest BCUT2D eigenvalue weighted by molar-refractivity contribution is 5.78. The maximum Gasteiger partial charge on any atom is 0.328 e. The zero-order chi connectivity index (χ0) is 11.1. The summed E-state index contributed by atoms with van der Waals surface area (Å²) in [4.78, 5) is 21.6. The summed E-state index contributed by atoms with van der Waals surface area (Å²) < 4.78 is 4.58. The Balaban J connectivity index is 2.66. The minimum Gasteiger partial charge on any atom is -0.467 e. The number of rotatable bonds is 5. The molecule has 0 aliphatic carbocycles. The van der Waals surface area contributed by atoms with E-state index in [1.165, 1.54) is 7.11 Å². The molecule has 0 bridgehead atoms. The molecular weight excluding hydrogens is 194 g/mol. The molecule has 80 valence electrons. The Labute approximate surface area is 88.2 Å². The predicted molar refractivity (Wildman–Crippen MR) is 55.1 cm³/mol. The topological polar surface area (TPSA) is 55.4 Å². The van der Waals surface area contributed by atoms with Crippen LogP contribution in [0.15, 0.2) is 30.3 Å². The molecule has 4 heteroatoms. The van der Waals surface area contributed by atoms with Gasteiger partial charge in [0.1, 0.15) is 6.04 Å². The number of hydrogen-bond acceptors (Lipinski definition) is 3. The van der Waals surface area contributed by atoms with Crippen LogP contribution in [0.3, 0.4) is 0 Å². The van der Waals surface area contributed by atoms with Crippen molar-refractivity contribution < 1.29 is 14.3 Å². The van der Waals surface area contributed by atoms with E-state index in [9.17, 15) is 9.59 Å². The third kappa shape index (κ3) is 3.42. The number of nitrogens with one attached hydrogen (secondary N) is 1. The first-order chi connectivity index (χ1) is 7.27. The van der Waals surface area contributed by atoms with Gasteiger partial charge in [0.25, 0.3) is 0 Å². The standard InChI is InChI=1S/C11H13NO3/c1-15-11(14)10(12-8-13)7-9-5-3-2-4-6-9/h2-6,8,10H,7H2,1H3,(H,12,13)/t10-/m1/s1. The summed E-state index contributed by atoms with van der Waals surface area (Å²) in [6.07, 6.45) is 0.941. The zero-order valence-electron chi connectivity index (χ0n) is 8.47. The van der Waals surface area contributed by atoms with Crippen LogP contribution in [-0.4, -0.2) is 25.5 Å². The first-order valence-electron chi connectivity index (χ1n) is 4.59. The van der Waals surface area contributed by atoms with E-state index in [1.807, 2.05) is 30.3 Å². The number of hydrogen-bond donors (Lipinski definition) is 1. The largest absolute Gasteiger partial charge is 0.467 e. The number of carbonyl (C=O) groups is 2. The Kier molecular flexibility index (Phi) is 4.34. The van der Waals surface area contributed by atoms with Crippen LogP contribution in [0.4, 0.5) is 0 Å². The fourth-order valence-corrected chi connectivity index (χ4v) is 1.28. The van der Waals surface area contributed by atoms with E-state index >= 15 is 0 Å². The molecule has 0 radical (unpaired) electrons. The number of benzene rings is 1. The van der Waals surface area contributed by atoms with Crippen molar-refractivity contribution in [2.45, 2.75) is 12.5 Å². The van der Waals surface area contributed by atoms with Gasteiger partial charge in [0.2, 0.25) is 6.41 Å². The minimum absolute atomic E-state index is 0.437. The lowest BCUT2D eigenvalue weighted by molar-refractivity contribution is -0.144. The van der Waals surface area contributed by atoms with Crippen molar-refractivity contribution >= 4 is 12.4 Å². The second-order valence-electron chi connectivity index (χ2n) is 3.05. The van der Waals surface area contributed by atoms with E-state index in [0.717, 1.165) is 5.56 Å². The molecule has 0 aliphatic rings. The van der Waals surface area contributed by atoms with Gasteiger partial charge in [-0.1, -0.05) is 30.3 Å². The summed E-state index contributed by atoms with van der Waals surface area (Å²) in [7, 11) is 1.30. The molecule has 1 rings (SSSR count). The van der Waals surface area contributed by atoms with Crippen LogP contribution in [0, 0.1) is 0 Å². The molecule has 1 atom stereocenters.